The second kappa shape index (κ2) is 6.53. The van der Waals surface area contributed by atoms with E-state index in [1.54, 1.807) is 20.2 Å². The molecule has 6 heteroatoms. The molecule has 3 N–H and O–H groups in total. The molecule has 0 amide bonds. The Kier molecular flexibility index (Phi) is 5.06. The van der Waals surface area contributed by atoms with E-state index in [9.17, 15) is 5.11 Å². The number of guanidine groups is 1. The van der Waals surface area contributed by atoms with E-state index in [0.29, 0.717) is 18.3 Å². The minimum Gasteiger partial charge on any atom is -0.464 e. The standard InChI is InChI=1S/C17H29N3O3/c1-11-7-8-13(23-11)12(21)10-19-15(18-5)20-14-9-17(4,22-6)16(14,2)3/h7-8,12,14,21H,9-10H2,1-6H3,(H2,18,19,20). The van der Waals surface area contributed by atoms with Crippen LogP contribution in [0.5, 0.6) is 0 Å². The average Bonchev–Trinajstić information content (AvgIpc) is 2.96. The molecule has 1 aromatic heterocycles. The highest BCUT2D eigenvalue weighted by Gasteiger charge is 2.58. The Morgan fingerprint density at radius 2 is 2.17 bits per heavy atom. The van der Waals surface area contributed by atoms with Gasteiger partial charge in [0.2, 0.25) is 0 Å². The number of methoxy groups -OCH3 is 1. The number of nitrogens with zero attached hydrogens (tertiary/aromatic N) is 1. The number of hydrogen-bond donors (Lipinski definition) is 3. The van der Waals surface area contributed by atoms with Crippen molar-refractivity contribution in [3.8, 4) is 0 Å². The Balaban J connectivity index is 1.88. The molecule has 1 fully saturated rings. The van der Waals surface area contributed by atoms with Gasteiger partial charge in [0.1, 0.15) is 17.6 Å². The first-order valence-electron chi connectivity index (χ1n) is 8.00. The van der Waals surface area contributed by atoms with Crippen LogP contribution in [0.1, 0.15) is 44.8 Å². The molecule has 0 saturated heterocycles. The lowest BCUT2D eigenvalue weighted by atomic mass is 9.56. The SMILES string of the molecule is CN=C(NCC(O)c1ccc(C)o1)NC1CC(C)(OC)C1(C)C. The van der Waals surface area contributed by atoms with Gasteiger partial charge in [0.15, 0.2) is 5.96 Å². The van der Waals surface area contributed by atoms with Gasteiger partial charge in [-0.15, -0.1) is 0 Å². The topological polar surface area (TPSA) is 79.0 Å². The van der Waals surface area contributed by atoms with E-state index in [0.717, 1.165) is 12.2 Å². The van der Waals surface area contributed by atoms with Crippen LogP contribution in [0, 0.1) is 12.3 Å². The molecule has 0 bridgehead atoms. The highest BCUT2D eigenvalue weighted by atomic mass is 16.5. The smallest absolute Gasteiger partial charge is 0.191 e. The lowest BCUT2D eigenvalue weighted by Crippen LogP contribution is -2.69. The van der Waals surface area contributed by atoms with Crippen molar-refractivity contribution in [1.29, 1.82) is 0 Å². The summed E-state index contributed by atoms with van der Waals surface area (Å²) in [7, 11) is 3.48. The molecule has 1 aliphatic rings. The number of aliphatic imine (C=N–C) groups is 1. The molecule has 1 aromatic rings. The Morgan fingerprint density at radius 1 is 1.48 bits per heavy atom. The van der Waals surface area contributed by atoms with Crippen molar-refractivity contribution in [1.82, 2.24) is 10.6 Å². The number of furan rings is 1. The third-order valence-electron chi connectivity index (χ3n) is 5.37. The molecule has 0 radical (unpaired) electrons. The van der Waals surface area contributed by atoms with Crippen LogP contribution in [-0.2, 0) is 4.74 Å². The third kappa shape index (κ3) is 3.38. The van der Waals surface area contributed by atoms with Crippen LogP contribution < -0.4 is 10.6 Å². The van der Waals surface area contributed by atoms with Gasteiger partial charge in [-0.1, -0.05) is 13.8 Å². The van der Waals surface area contributed by atoms with Gasteiger partial charge >= 0.3 is 0 Å². The minimum absolute atomic E-state index is 0.00386. The number of ether oxygens (including phenoxy) is 1. The number of hydrogen-bond acceptors (Lipinski definition) is 4. The fourth-order valence-electron chi connectivity index (χ4n) is 3.01. The van der Waals surface area contributed by atoms with Crippen LogP contribution in [0.25, 0.3) is 0 Å². The van der Waals surface area contributed by atoms with Gasteiger partial charge in [0, 0.05) is 25.6 Å². The zero-order chi connectivity index (χ0) is 17.3. The lowest BCUT2D eigenvalue weighted by Gasteiger charge is -2.59. The summed E-state index contributed by atoms with van der Waals surface area (Å²) in [5, 5.41) is 16.7. The van der Waals surface area contributed by atoms with Crippen LogP contribution in [-0.4, -0.2) is 43.4 Å². The van der Waals surface area contributed by atoms with Crippen LogP contribution in [0.15, 0.2) is 21.5 Å². The second-order valence-electron chi connectivity index (χ2n) is 6.98. The van der Waals surface area contributed by atoms with Gasteiger partial charge in [-0.25, -0.2) is 0 Å². The highest BCUT2D eigenvalue weighted by molar-refractivity contribution is 5.80. The van der Waals surface area contributed by atoms with E-state index < -0.39 is 6.10 Å². The van der Waals surface area contributed by atoms with Gasteiger partial charge in [-0.3, -0.25) is 4.99 Å². The number of aliphatic hydroxyl groups is 1. The van der Waals surface area contributed by atoms with E-state index >= 15 is 0 Å². The fraction of sp³-hybridized carbons (Fsp3) is 0.706. The fourth-order valence-corrected chi connectivity index (χ4v) is 3.01. The number of rotatable bonds is 5. The van der Waals surface area contributed by atoms with Gasteiger partial charge in [0.25, 0.3) is 0 Å². The quantitative estimate of drug-likeness (QED) is 0.570. The van der Waals surface area contributed by atoms with Crippen molar-refractivity contribution in [2.75, 3.05) is 20.7 Å². The third-order valence-corrected chi connectivity index (χ3v) is 5.37. The van der Waals surface area contributed by atoms with Crippen molar-refractivity contribution in [3.05, 3.63) is 23.7 Å². The molecule has 130 valence electrons. The zero-order valence-corrected chi connectivity index (χ0v) is 14.9. The summed E-state index contributed by atoms with van der Waals surface area (Å²) in [4.78, 5) is 4.23. The zero-order valence-electron chi connectivity index (χ0n) is 14.9. The predicted molar refractivity (Wildman–Crippen MR) is 90.5 cm³/mol. The van der Waals surface area contributed by atoms with Crippen LogP contribution >= 0.6 is 0 Å². The summed E-state index contributed by atoms with van der Waals surface area (Å²) in [5.74, 6) is 2.02. The van der Waals surface area contributed by atoms with Gasteiger partial charge in [-0.2, -0.15) is 0 Å². The lowest BCUT2D eigenvalue weighted by molar-refractivity contribution is -0.176. The highest BCUT2D eigenvalue weighted by Crippen LogP contribution is 2.51. The molecule has 3 atom stereocenters. The predicted octanol–water partition coefficient (Wildman–Crippen LogP) is 1.99. The first-order chi connectivity index (χ1) is 10.7. The molecule has 3 unspecified atom stereocenters. The molecule has 0 aromatic carbocycles. The Labute approximate surface area is 138 Å². The molecule has 23 heavy (non-hydrogen) atoms. The number of aliphatic hydroxyl groups excluding tert-OH is 1. The Morgan fingerprint density at radius 3 is 2.65 bits per heavy atom. The van der Waals surface area contributed by atoms with E-state index in [-0.39, 0.29) is 17.1 Å². The van der Waals surface area contributed by atoms with E-state index in [1.165, 1.54) is 0 Å². The van der Waals surface area contributed by atoms with E-state index in [4.69, 9.17) is 9.15 Å². The van der Waals surface area contributed by atoms with Crippen LogP contribution in [0.4, 0.5) is 0 Å². The molecule has 2 rings (SSSR count). The summed E-state index contributed by atoms with van der Waals surface area (Å²) in [6, 6.07) is 3.90. The van der Waals surface area contributed by atoms with Gasteiger partial charge in [-0.05, 0) is 32.4 Å². The monoisotopic (exact) mass is 323 g/mol. The van der Waals surface area contributed by atoms with Crippen molar-refractivity contribution in [2.45, 2.75) is 51.9 Å². The summed E-state index contributed by atoms with van der Waals surface area (Å²) >= 11 is 0. The molecule has 6 nitrogen and oxygen atoms in total. The van der Waals surface area contributed by atoms with Gasteiger partial charge in [0.05, 0.1) is 12.1 Å². The molecule has 0 aliphatic heterocycles. The summed E-state index contributed by atoms with van der Waals surface area (Å²) < 4.78 is 11.1. The summed E-state index contributed by atoms with van der Waals surface area (Å²) in [5.41, 5.74) is -0.134. The summed E-state index contributed by atoms with van der Waals surface area (Å²) in [6.07, 6.45) is 0.206. The maximum absolute atomic E-state index is 10.1. The van der Waals surface area contributed by atoms with Crippen molar-refractivity contribution in [2.24, 2.45) is 10.4 Å². The molecule has 1 aliphatic carbocycles. The second-order valence-corrected chi connectivity index (χ2v) is 6.98. The average molecular weight is 323 g/mol. The Bertz CT molecular complexity index is 567. The van der Waals surface area contributed by atoms with E-state index in [1.807, 2.05) is 13.0 Å². The molecule has 0 spiro atoms. The van der Waals surface area contributed by atoms with Gasteiger partial charge < -0.3 is 24.9 Å². The van der Waals surface area contributed by atoms with Crippen molar-refractivity contribution >= 4 is 5.96 Å². The van der Waals surface area contributed by atoms with Crippen molar-refractivity contribution in [3.63, 3.8) is 0 Å². The van der Waals surface area contributed by atoms with Crippen LogP contribution in [0.3, 0.4) is 0 Å². The normalized spacial score (nSPS) is 28.1. The number of nitrogens with one attached hydrogen (secondary N) is 2. The summed E-state index contributed by atoms with van der Waals surface area (Å²) in [6.45, 7) is 8.69. The molecule has 1 saturated carbocycles. The van der Waals surface area contributed by atoms with Crippen molar-refractivity contribution < 1.29 is 14.3 Å². The molecular formula is C17H29N3O3. The largest absolute Gasteiger partial charge is 0.464 e. The first-order valence-corrected chi connectivity index (χ1v) is 8.00. The maximum atomic E-state index is 10.1. The molecule has 1 heterocycles. The maximum Gasteiger partial charge on any atom is 0.191 e. The Hall–Kier alpha value is -1.53. The first kappa shape index (κ1) is 17.8. The minimum atomic E-state index is -0.708. The number of aryl methyl sites for hydroxylation is 1. The molecular weight excluding hydrogens is 294 g/mol. The van der Waals surface area contributed by atoms with E-state index in [2.05, 4.69) is 36.4 Å². The van der Waals surface area contributed by atoms with Crippen LogP contribution in [0.2, 0.25) is 0 Å².